The lowest BCUT2D eigenvalue weighted by molar-refractivity contribution is -0.157. The number of carbonyl (C=O) groups is 1. The molecule has 0 aromatic heterocycles. The molecule has 2 aliphatic heterocycles. The predicted molar refractivity (Wildman–Crippen MR) is 127 cm³/mol. The van der Waals surface area contributed by atoms with E-state index in [1.165, 1.54) is 5.41 Å². The summed E-state index contributed by atoms with van der Waals surface area (Å²) >= 11 is 4.03. The van der Waals surface area contributed by atoms with Gasteiger partial charge < -0.3 is 20.1 Å². The molecule has 3 rings (SSSR count). The molecule has 2 atom stereocenters. The molecule has 1 saturated heterocycles. The van der Waals surface area contributed by atoms with Crippen molar-refractivity contribution < 1.29 is 18.7 Å². The molecule has 1 fully saturated rings. The Bertz CT molecular complexity index is 799. The summed E-state index contributed by atoms with van der Waals surface area (Å²) in [5, 5.41) is 7.00. The minimum Gasteiger partial charge on any atom is -0.420 e. The first-order valence-electron chi connectivity index (χ1n) is 9.55. The standard InChI is InChI=1S/C11H13NOS.C8H10FN2O2P.C2H6/c1-12-11(13)10(8-14)9-6-4-2-3-5-7-9;9-8(14)12-6-1-3-10-5-11-4-2-7(6)13-8;1-2/h2,4-8,14H,3H2,1H3,(H,12,13);1-2,5H,3-4,14H2,(H,10,11);1-2H3/b10-8+;6-1+,7-2+;. The molecule has 1 amide bonds. The summed E-state index contributed by atoms with van der Waals surface area (Å²) in [5.74, 6) is -1.46. The summed E-state index contributed by atoms with van der Waals surface area (Å²) in [6, 6.07) is 0. The van der Waals surface area contributed by atoms with Crippen molar-refractivity contribution in [3.05, 3.63) is 70.6 Å². The first-order chi connectivity index (χ1) is 14.5. The van der Waals surface area contributed by atoms with Crippen molar-refractivity contribution in [1.82, 2.24) is 10.6 Å². The molecule has 164 valence electrons. The highest BCUT2D eigenvalue weighted by molar-refractivity contribution is 7.83. The van der Waals surface area contributed by atoms with E-state index < -0.39 is 5.78 Å². The van der Waals surface area contributed by atoms with Crippen molar-refractivity contribution in [1.29, 1.82) is 0 Å². The molecule has 6 nitrogen and oxygen atoms in total. The lowest BCUT2D eigenvalue weighted by Crippen LogP contribution is -2.20. The van der Waals surface area contributed by atoms with Crippen LogP contribution in [0.4, 0.5) is 4.39 Å². The van der Waals surface area contributed by atoms with Crippen LogP contribution in [0.2, 0.25) is 0 Å². The number of fused-ring (bicyclic) bond motifs is 1. The van der Waals surface area contributed by atoms with Crippen LogP contribution in [0.25, 0.3) is 0 Å². The van der Waals surface area contributed by atoms with E-state index in [1.807, 2.05) is 53.5 Å². The van der Waals surface area contributed by atoms with Gasteiger partial charge in [-0.25, -0.2) is 0 Å². The molecule has 0 aromatic rings. The van der Waals surface area contributed by atoms with Crippen molar-refractivity contribution in [3.63, 3.8) is 0 Å². The van der Waals surface area contributed by atoms with Gasteiger partial charge >= 0.3 is 5.78 Å². The number of rotatable bonds is 2. The van der Waals surface area contributed by atoms with E-state index in [1.54, 1.807) is 25.5 Å². The smallest absolute Gasteiger partial charge is 0.418 e. The van der Waals surface area contributed by atoms with Crippen LogP contribution in [0.3, 0.4) is 0 Å². The van der Waals surface area contributed by atoms with E-state index in [0.717, 1.165) is 12.0 Å². The van der Waals surface area contributed by atoms with Gasteiger partial charge in [0.2, 0.25) is 0 Å². The minimum atomic E-state index is -2.14. The van der Waals surface area contributed by atoms with Crippen LogP contribution in [-0.4, -0.2) is 38.2 Å². The number of halogens is 1. The topological polar surface area (TPSA) is 72.0 Å². The van der Waals surface area contributed by atoms with Gasteiger partial charge in [-0.1, -0.05) is 44.2 Å². The van der Waals surface area contributed by atoms with Gasteiger partial charge in [-0.2, -0.15) is 17.0 Å². The second kappa shape index (κ2) is 13.8. The molecular weight excluding hydrogens is 424 g/mol. The molecule has 0 aromatic carbocycles. The van der Waals surface area contributed by atoms with Crippen LogP contribution in [-0.2, 0) is 14.3 Å². The van der Waals surface area contributed by atoms with Crippen LogP contribution in [0.15, 0.2) is 75.6 Å². The Morgan fingerprint density at radius 3 is 2.70 bits per heavy atom. The van der Waals surface area contributed by atoms with Gasteiger partial charge in [-0.15, -0.1) is 0 Å². The predicted octanol–water partition coefficient (Wildman–Crippen LogP) is 3.90. The zero-order valence-electron chi connectivity index (χ0n) is 17.4. The maximum atomic E-state index is 13.3. The van der Waals surface area contributed by atoms with Crippen LogP contribution < -0.4 is 10.6 Å². The zero-order valence-corrected chi connectivity index (χ0v) is 19.4. The average Bonchev–Trinajstić information content (AvgIpc) is 2.89. The summed E-state index contributed by atoms with van der Waals surface area (Å²) in [7, 11) is 3.47. The summed E-state index contributed by atoms with van der Waals surface area (Å²) in [6.07, 6.45) is 15.7. The fourth-order valence-corrected chi connectivity index (χ4v) is 2.84. The summed E-state index contributed by atoms with van der Waals surface area (Å²) in [4.78, 5) is 15.4. The molecule has 0 saturated carbocycles. The third kappa shape index (κ3) is 8.59. The fourth-order valence-electron chi connectivity index (χ4n) is 2.32. The number of nitrogens with one attached hydrogen (secondary N) is 2. The van der Waals surface area contributed by atoms with Gasteiger partial charge in [-0.3, -0.25) is 9.79 Å². The lowest BCUT2D eigenvalue weighted by atomic mass is 10.1. The van der Waals surface area contributed by atoms with E-state index in [9.17, 15) is 9.18 Å². The molecule has 30 heavy (non-hydrogen) atoms. The van der Waals surface area contributed by atoms with Crippen LogP contribution in [0, 0.1) is 0 Å². The van der Waals surface area contributed by atoms with Gasteiger partial charge in [0.15, 0.2) is 11.5 Å². The first-order valence-corrected chi connectivity index (χ1v) is 10.6. The quantitative estimate of drug-likeness (QED) is 0.337. The Morgan fingerprint density at radius 1 is 1.33 bits per heavy atom. The zero-order chi connectivity index (χ0) is 22.4. The highest BCUT2D eigenvalue weighted by atomic mass is 32.1. The Kier molecular flexibility index (Phi) is 11.9. The number of allylic oxidation sites excluding steroid dienone is 5. The number of hydrogen-bond acceptors (Lipinski definition) is 6. The molecule has 9 heteroatoms. The van der Waals surface area contributed by atoms with Gasteiger partial charge in [0.25, 0.3) is 5.91 Å². The second-order valence-corrected chi connectivity index (χ2v) is 6.58. The van der Waals surface area contributed by atoms with Crippen molar-refractivity contribution >= 4 is 34.1 Å². The Morgan fingerprint density at radius 2 is 2.03 bits per heavy atom. The first kappa shape index (κ1) is 25.7. The normalized spacial score (nSPS) is 25.5. The second-order valence-electron chi connectivity index (χ2n) is 5.64. The number of nitrogens with zero attached hydrogens (tertiary/aromatic N) is 1. The number of ether oxygens (including phenoxy) is 2. The molecule has 2 N–H and O–H groups in total. The summed E-state index contributed by atoms with van der Waals surface area (Å²) in [5.41, 5.74) is 1.46. The highest BCUT2D eigenvalue weighted by Gasteiger charge is 2.39. The summed E-state index contributed by atoms with van der Waals surface area (Å²) < 4.78 is 23.1. The minimum absolute atomic E-state index is 0.119. The number of thiol groups is 1. The maximum Gasteiger partial charge on any atom is 0.418 e. The molecule has 2 heterocycles. The van der Waals surface area contributed by atoms with Gasteiger partial charge in [0.05, 0.1) is 18.5 Å². The fraction of sp³-hybridized carbons (Fsp3) is 0.333. The van der Waals surface area contributed by atoms with Crippen molar-refractivity contribution in [3.8, 4) is 0 Å². The molecule has 0 bridgehead atoms. The van der Waals surface area contributed by atoms with Gasteiger partial charge in [0.1, 0.15) is 0 Å². The van der Waals surface area contributed by atoms with E-state index in [-0.39, 0.29) is 5.91 Å². The van der Waals surface area contributed by atoms with E-state index in [4.69, 9.17) is 9.47 Å². The van der Waals surface area contributed by atoms with Gasteiger partial charge in [0, 0.05) is 13.6 Å². The highest BCUT2D eigenvalue weighted by Crippen LogP contribution is 2.39. The average molecular weight is 454 g/mol. The third-order valence-corrected chi connectivity index (χ3v) is 4.10. The van der Waals surface area contributed by atoms with Crippen LogP contribution in [0.5, 0.6) is 0 Å². The number of aliphatic imine (C=N–C) groups is 1. The molecule has 1 aliphatic carbocycles. The van der Waals surface area contributed by atoms with E-state index in [2.05, 4.69) is 28.3 Å². The number of hydrogen-bond donors (Lipinski definition) is 3. The van der Waals surface area contributed by atoms with Crippen molar-refractivity contribution in [2.24, 2.45) is 4.99 Å². The number of alkyl halides is 1. The Hall–Kier alpha value is -2.31. The van der Waals surface area contributed by atoms with Crippen LogP contribution >= 0.6 is 21.9 Å². The lowest BCUT2D eigenvalue weighted by Gasteiger charge is -2.09. The van der Waals surface area contributed by atoms with Crippen molar-refractivity contribution in [2.75, 3.05) is 20.1 Å². The van der Waals surface area contributed by atoms with Crippen LogP contribution in [0.1, 0.15) is 20.3 Å². The maximum absolute atomic E-state index is 13.3. The Balaban J connectivity index is 0.000000277. The van der Waals surface area contributed by atoms with Gasteiger partial charge in [-0.05, 0) is 38.8 Å². The molecule has 0 radical (unpaired) electrons. The monoisotopic (exact) mass is 453 g/mol. The van der Waals surface area contributed by atoms with E-state index in [0.29, 0.717) is 30.2 Å². The number of carbonyl (C=O) groups excluding carboxylic acids is 1. The molecule has 3 aliphatic rings. The SMILES string of the molecule is CC.CNC(=O)/C(=C/S)C1=CC=CCC=C1.FC1(P)OC2=C/CN=CNC/C=C\2O1. The Labute approximate surface area is 185 Å². The van der Waals surface area contributed by atoms with Crippen molar-refractivity contribution in [2.45, 2.75) is 26.1 Å². The van der Waals surface area contributed by atoms with E-state index >= 15 is 0 Å². The molecule has 0 spiro atoms. The number of likely N-dealkylation sites (N-methyl/N-ethyl adjacent to an activating group) is 1. The summed E-state index contributed by atoms with van der Waals surface area (Å²) in [6.45, 7) is 4.96. The number of amides is 1. The third-order valence-electron chi connectivity index (χ3n) is 3.60. The molecule has 2 unspecified atom stereocenters. The molecular formula is C21H29FN3O3PS. The largest absolute Gasteiger partial charge is 0.420 e.